The van der Waals surface area contributed by atoms with Gasteiger partial charge in [0.15, 0.2) is 9.84 Å². The summed E-state index contributed by atoms with van der Waals surface area (Å²) in [5.41, 5.74) is 0.347. The Balaban J connectivity index is 2.43. The van der Waals surface area contributed by atoms with Crippen molar-refractivity contribution in [3.8, 4) is 6.01 Å². The van der Waals surface area contributed by atoms with Crippen molar-refractivity contribution in [3.05, 3.63) is 29.5 Å². The van der Waals surface area contributed by atoms with E-state index in [-0.39, 0.29) is 22.1 Å². The van der Waals surface area contributed by atoms with Crippen LogP contribution in [0.4, 0.5) is 11.6 Å². The summed E-state index contributed by atoms with van der Waals surface area (Å²) in [6, 6.07) is 6.43. The van der Waals surface area contributed by atoms with E-state index in [0.717, 1.165) is 6.26 Å². The van der Waals surface area contributed by atoms with Crippen LogP contribution in [-0.4, -0.2) is 36.7 Å². The fraction of sp³-hybridized carbons (Fsp3) is 0.182. The van der Waals surface area contributed by atoms with E-state index in [2.05, 4.69) is 20.3 Å². The van der Waals surface area contributed by atoms with Gasteiger partial charge in [0, 0.05) is 6.26 Å². The van der Waals surface area contributed by atoms with Gasteiger partial charge in [0.2, 0.25) is 11.2 Å². The van der Waals surface area contributed by atoms with Crippen molar-refractivity contribution in [3.63, 3.8) is 0 Å². The second-order valence-electron chi connectivity index (χ2n) is 3.81. The Morgan fingerprint density at radius 3 is 2.55 bits per heavy atom. The molecule has 0 aliphatic heterocycles. The molecule has 0 fully saturated rings. The van der Waals surface area contributed by atoms with Crippen molar-refractivity contribution in [1.29, 1.82) is 0 Å². The third kappa shape index (κ3) is 3.34. The third-order valence-electron chi connectivity index (χ3n) is 2.30. The Kier molecular flexibility index (Phi) is 4.05. The molecule has 7 nitrogen and oxygen atoms in total. The Morgan fingerprint density at radius 2 is 1.90 bits per heavy atom. The molecule has 1 aromatic carbocycles. The molecule has 2 rings (SSSR count). The first-order chi connectivity index (χ1) is 9.40. The molecule has 0 bridgehead atoms. The van der Waals surface area contributed by atoms with Gasteiger partial charge in [0.25, 0.3) is 0 Å². The highest BCUT2D eigenvalue weighted by atomic mass is 35.5. The predicted octanol–water partition coefficient (Wildman–Crippen LogP) is 1.68. The molecule has 0 atom stereocenters. The van der Waals surface area contributed by atoms with E-state index < -0.39 is 9.84 Å². The van der Waals surface area contributed by atoms with Gasteiger partial charge < -0.3 is 10.1 Å². The molecule has 20 heavy (non-hydrogen) atoms. The molecule has 0 aliphatic rings. The Morgan fingerprint density at radius 1 is 1.20 bits per heavy atom. The van der Waals surface area contributed by atoms with Gasteiger partial charge in [-0.3, -0.25) is 0 Å². The lowest BCUT2D eigenvalue weighted by Gasteiger charge is -2.09. The largest absolute Gasteiger partial charge is 0.467 e. The molecule has 0 radical (unpaired) electrons. The van der Waals surface area contributed by atoms with Crippen LogP contribution in [-0.2, 0) is 9.84 Å². The lowest BCUT2D eigenvalue weighted by atomic mass is 10.3. The minimum atomic E-state index is -3.38. The quantitative estimate of drug-likeness (QED) is 0.917. The average Bonchev–Trinajstić information content (AvgIpc) is 2.37. The van der Waals surface area contributed by atoms with Crippen LogP contribution in [0.2, 0.25) is 5.28 Å². The highest BCUT2D eigenvalue weighted by Crippen LogP contribution is 2.24. The van der Waals surface area contributed by atoms with E-state index >= 15 is 0 Å². The Labute approximate surface area is 120 Å². The summed E-state index contributed by atoms with van der Waals surface area (Å²) in [5, 5.41) is 2.73. The van der Waals surface area contributed by atoms with Crippen LogP contribution in [0, 0.1) is 0 Å². The van der Waals surface area contributed by atoms with Gasteiger partial charge in [0.05, 0.1) is 17.7 Å². The van der Waals surface area contributed by atoms with Gasteiger partial charge in [-0.2, -0.15) is 15.0 Å². The number of para-hydroxylation sites is 1. The number of ether oxygens (including phenoxy) is 1. The predicted molar refractivity (Wildman–Crippen MR) is 74.2 cm³/mol. The van der Waals surface area contributed by atoms with Gasteiger partial charge in [-0.05, 0) is 23.7 Å². The molecule has 9 heteroatoms. The van der Waals surface area contributed by atoms with E-state index in [0.29, 0.717) is 5.69 Å². The lowest BCUT2D eigenvalue weighted by molar-refractivity contribution is 0.379. The fourth-order valence-electron chi connectivity index (χ4n) is 1.49. The summed E-state index contributed by atoms with van der Waals surface area (Å²) >= 11 is 5.72. The third-order valence-corrected chi connectivity index (χ3v) is 3.63. The van der Waals surface area contributed by atoms with Crippen molar-refractivity contribution in [1.82, 2.24) is 15.0 Å². The highest BCUT2D eigenvalue weighted by molar-refractivity contribution is 7.90. The maximum absolute atomic E-state index is 11.7. The topological polar surface area (TPSA) is 94.1 Å². The van der Waals surface area contributed by atoms with E-state index in [9.17, 15) is 8.42 Å². The Bertz CT molecular complexity index is 736. The van der Waals surface area contributed by atoms with E-state index in [4.69, 9.17) is 16.3 Å². The number of sulfone groups is 1. The number of rotatable bonds is 4. The fourth-order valence-corrected chi connectivity index (χ4v) is 2.49. The standard InChI is InChI=1S/C11H11ClN4O3S/c1-19-11-15-9(12)14-10(16-11)13-7-5-3-4-6-8(7)20(2,17)18/h3-6H,1-2H3,(H,13,14,15,16). The number of methoxy groups -OCH3 is 1. The van der Waals surface area contributed by atoms with E-state index in [1.165, 1.54) is 13.2 Å². The maximum Gasteiger partial charge on any atom is 0.322 e. The van der Waals surface area contributed by atoms with Gasteiger partial charge >= 0.3 is 6.01 Å². The molecule has 0 saturated heterocycles. The second kappa shape index (κ2) is 5.59. The molecule has 0 amide bonds. The van der Waals surface area contributed by atoms with Crippen LogP contribution in [0.25, 0.3) is 0 Å². The normalized spacial score (nSPS) is 11.2. The van der Waals surface area contributed by atoms with Crippen LogP contribution in [0.3, 0.4) is 0 Å². The van der Waals surface area contributed by atoms with Crippen molar-refractivity contribution >= 4 is 33.1 Å². The minimum Gasteiger partial charge on any atom is -0.467 e. The number of benzene rings is 1. The summed E-state index contributed by atoms with van der Waals surface area (Å²) in [4.78, 5) is 11.7. The van der Waals surface area contributed by atoms with Crippen molar-refractivity contribution in [2.45, 2.75) is 4.90 Å². The molecule has 0 spiro atoms. The molecule has 0 aliphatic carbocycles. The molecule has 1 heterocycles. The monoisotopic (exact) mass is 314 g/mol. The van der Waals surface area contributed by atoms with Crippen LogP contribution >= 0.6 is 11.6 Å². The first kappa shape index (κ1) is 14.5. The molecule has 0 unspecified atom stereocenters. The zero-order chi connectivity index (χ0) is 14.8. The number of halogens is 1. The zero-order valence-electron chi connectivity index (χ0n) is 10.7. The molecule has 1 N–H and O–H groups in total. The summed E-state index contributed by atoms with van der Waals surface area (Å²) in [6.45, 7) is 0. The zero-order valence-corrected chi connectivity index (χ0v) is 12.2. The molecule has 2 aromatic rings. The first-order valence-electron chi connectivity index (χ1n) is 5.42. The van der Waals surface area contributed by atoms with Crippen LogP contribution < -0.4 is 10.1 Å². The number of hydrogen-bond donors (Lipinski definition) is 1. The first-order valence-corrected chi connectivity index (χ1v) is 7.69. The van der Waals surface area contributed by atoms with Crippen molar-refractivity contribution < 1.29 is 13.2 Å². The minimum absolute atomic E-state index is 0.0318. The molecule has 106 valence electrons. The van der Waals surface area contributed by atoms with Gasteiger partial charge in [0.1, 0.15) is 0 Å². The van der Waals surface area contributed by atoms with Crippen molar-refractivity contribution in [2.24, 2.45) is 0 Å². The van der Waals surface area contributed by atoms with Gasteiger partial charge in [-0.25, -0.2) is 8.42 Å². The molecular formula is C11H11ClN4O3S. The maximum atomic E-state index is 11.7. The van der Waals surface area contributed by atoms with Crippen molar-refractivity contribution in [2.75, 3.05) is 18.7 Å². The Hall–Kier alpha value is -1.93. The number of nitrogens with zero attached hydrogens (tertiary/aromatic N) is 3. The highest BCUT2D eigenvalue weighted by Gasteiger charge is 2.14. The average molecular weight is 315 g/mol. The van der Waals surface area contributed by atoms with Crippen LogP contribution in [0.15, 0.2) is 29.2 Å². The molecule has 0 saturated carbocycles. The lowest BCUT2D eigenvalue weighted by Crippen LogP contribution is -2.06. The number of hydrogen-bond acceptors (Lipinski definition) is 7. The number of aromatic nitrogens is 3. The van der Waals surface area contributed by atoms with Gasteiger partial charge in [-0.15, -0.1) is 0 Å². The van der Waals surface area contributed by atoms with Crippen LogP contribution in [0.5, 0.6) is 6.01 Å². The second-order valence-corrected chi connectivity index (χ2v) is 6.13. The van der Waals surface area contributed by atoms with Gasteiger partial charge in [-0.1, -0.05) is 12.1 Å². The van der Waals surface area contributed by atoms with E-state index in [1.807, 2.05) is 0 Å². The molecule has 1 aromatic heterocycles. The molecular weight excluding hydrogens is 304 g/mol. The smallest absolute Gasteiger partial charge is 0.322 e. The van der Waals surface area contributed by atoms with E-state index in [1.54, 1.807) is 18.2 Å². The summed E-state index contributed by atoms with van der Waals surface area (Å²) < 4.78 is 28.2. The SMILES string of the molecule is COc1nc(Cl)nc(Nc2ccccc2S(C)(=O)=O)n1. The summed E-state index contributed by atoms with van der Waals surface area (Å²) in [5.74, 6) is 0.0953. The summed E-state index contributed by atoms with van der Waals surface area (Å²) in [6.07, 6.45) is 1.12. The summed E-state index contributed by atoms with van der Waals surface area (Å²) in [7, 11) is -1.99. The van der Waals surface area contributed by atoms with Crippen LogP contribution in [0.1, 0.15) is 0 Å². The number of anilines is 2. The number of nitrogens with one attached hydrogen (secondary N) is 1.